The van der Waals surface area contributed by atoms with Crippen molar-refractivity contribution in [1.29, 1.82) is 0 Å². The van der Waals surface area contributed by atoms with Crippen LogP contribution in [0.3, 0.4) is 0 Å². The van der Waals surface area contributed by atoms with Crippen LogP contribution in [0.15, 0.2) is 10.7 Å². The molecule has 0 radical (unpaired) electrons. The summed E-state index contributed by atoms with van der Waals surface area (Å²) in [5, 5.41) is 11.2. The fraction of sp³-hybridized carbons (Fsp3) is 0.636. The molecule has 17 heavy (non-hydrogen) atoms. The monoisotopic (exact) mass is 302 g/mol. The van der Waals surface area contributed by atoms with Gasteiger partial charge in [0.25, 0.3) is 0 Å². The van der Waals surface area contributed by atoms with Gasteiger partial charge in [0.1, 0.15) is 0 Å². The van der Waals surface area contributed by atoms with Crippen molar-refractivity contribution >= 4 is 21.5 Å². The van der Waals surface area contributed by atoms with E-state index in [1.54, 1.807) is 11.8 Å². The number of allylic oxidation sites excluding steroid dienone is 1. The minimum atomic E-state index is 0.750. The lowest BCUT2D eigenvalue weighted by atomic mass is 10.2. The number of hydrogen-bond donors (Lipinski definition) is 1. The average Bonchev–Trinajstić information content (AvgIpc) is 2.63. The van der Waals surface area contributed by atoms with Gasteiger partial charge in [-0.1, -0.05) is 11.3 Å². The van der Waals surface area contributed by atoms with Crippen molar-refractivity contribution in [3.05, 3.63) is 16.4 Å². The van der Waals surface area contributed by atoms with Crippen molar-refractivity contribution in [3.63, 3.8) is 0 Å². The van der Waals surface area contributed by atoms with E-state index >= 15 is 0 Å². The summed E-state index contributed by atoms with van der Waals surface area (Å²) in [4.78, 5) is 0. The molecule has 0 aliphatic heterocycles. The molecule has 0 aromatic carbocycles. The minimum Gasteiger partial charge on any atom is -0.383 e. The summed E-state index contributed by atoms with van der Waals surface area (Å²) in [5.41, 5.74) is 2.21. The second-order valence-electron chi connectivity index (χ2n) is 3.77. The molecule has 0 spiro atoms. The fourth-order valence-corrected chi connectivity index (χ4v) is 2.18. The molecule has 5 nitrogen and oxygen atoms in total. The number of nitrogens with zero attached hydrogens (tertiary/aromatic N) is 3. The van der Waals surface area contributed by atoms with Gasteiger partial charge in [-0.3, -0.25) is 0 Å². The van der Waals surface area contributed by atoms with Crippen LogP contribution in [0.4, 0.5) is 0 Å². The molecule has 0 bridgehead atoms. The Morgan fingerprint density at radius 2 is 2.29 bits per heavy atom. The molecule has 1 aromatic rings. The first kappa shape index (κ1) is 14.3. The van der Waals surface area contributed by atoms with Crippen molar-refractivity contribution in [2.24, 2.45) is 7.05 Å². The zero-order valence-electron chi connectivity index (χ0n) is 10.5. The highest BCUT2D eigenvalue weighted by molar-refractivity contribution is 9.10. The van der Waals surface area contributed by atoms with Crippen molar-refractivity contribution < 1.29 is 4.74 Å². The molecule has 0 aliphatic rings. The van der Waals surface area contributed by atoms with Crippen LogP contribution < -0.4 is 5.32 Å². The van der Waals surface area contributed by atoms with E-state index in [1.165, 1.54) is 5.57 Å². The highest BCUT2D eigenvalue weighted by atomic mass is 79.9. The first-order valence-corrected chi connectivity index (χ1v) is 6.38. The van der Waals surface area contributed by atoms with Gasteiger partial charge in [-0.05, 0) is 41.4 Å². The molecule has 6 heteroatoms. The summed E-state index contributed by atoms with van der Waals surface area (Å²) in [6.45, 7) is 4.66. The van der Waals surface area contributed by atoms with E-state index < -0.39 is 0 Å². The maximum Gasteiger partial charge on any atom is 0.155 e. The summed E-state index contributed by atoms with van der Waals surface area (Å²) < 4.78 is 7.52. The molecule has 1 heterocycles. The molecule has 1 aromatic heterocycles. The van der Waals surface area contributed by atoms with Gasteiger partial charge in [-0.15, -0.1) is 5.10 Å². The van der Waals surface area contributed by atoms with Gasteiger partial charge in [0.05, 0.1) is 12.3 Å². The lowest BCUT2D eigenvalue weighted by Gasteiger charge is -2.03. The Hall–Kier alpha value is -0.720. The molecule has 1 N–H and O–H groups in total. The molecule has 0 atom stereocenters. The molecule has 96 valence electrons. The Morgan fingerprint density at radius 1 is 1.53 bits per heavy atom. The maximum absolute atomic E-state index is 4.96. The number of aromatic nitrogens is 3. The smallest absolute Gasteiger partial charge is 0.155 e. The Kier molecular flexibility index (Phi) is 6.39. The van der Waals surface area contributed by atoms with Crippen LogP contribution in [0, 0.1) is 0 Å². The molecule has 0 saturated carbocycles. The Balaban J connectivity index is 2.39. The zero-order chi connectivity index (χ0) is 12.7. The van der Waals surface area contributed by atoms with Gasteiger partial charge in [0, 0.05) is 20.7 Å². The van der Waals surface area contributed by atoms with Crippen LogP contribution in [-0.4, -0.2) is 41.8 Å². The number of methoxy groups -OCH3 is 1. The lowest BCUT2D eigenvalue weighted by Crippen LogP contribution is -2.19. The third-order valence-corrected chi connectivity index (χ3v) is 2.95. The highest BCUT2D eigenvalue weighted by Gasteiger charge is 2.08. The van der Waals surface area contributed by atoms with Crippen molar-refractivity contribution in [2.45, 2.75) is 13.3 Å². The zero-order valence-corrected chi connectivity index (χ0v) is 12.1. The average molecular weight is 303 g/mol. The predicted molar refractivity (Wildman–Crippen MR) is 71.7 cm³/mol. The second-order valence-corrected chi connectivity index (χ2v) is 4.52. The number of halogens is 1. The van der Waals surface area contributed by atoms with E-state index in [-0.39, 0.29) is 0 Å². The van der Waals surface area contributed by atoms with Gasteiger partial charge in [-0.25, -0.2) is 4.68 Å². The number of aryl methyl sites for hydroxylation is 1. The molecular formula is C11H19BrN4O. The number of ether oxygens (including phenoxy) is 1. The Bertz CT molecular complexity index is 356. The molecule has 0 unspecified atom stereocenters. The van der Waals surface area contributed by atoms with Crippen LogP contribution >= 0.6 is 15.9 Å². The van der Waals surface area contributed by atoms with E-state index in [1.807, 2.05) is 7.05 Å². The fourth-order valence-electron chi connectivity index (χ4n) is 1.54. The predicted octanol–water partition coefficient (Wildman–Crippen LogP) is 1.61. The molecule has 0 fully saturated rings. The first-order valence-electron chi connectivity index (χ1n) is 5.58. The van der Waals surface area contributed by atoms with Gasteiger partial charge >= 0.3 is 0 Å². The Morgan fingerprint density at radius 3 is 2.88 bits per heavy atom. The third-order valence-electron chi connectivity index (χ3n) is 2.41. The van der Waals surface area contributed by atoms with E-state index in [0.717, 1.165) is 36.4 Å². The van der Waals surface area contributed by atoms with Gasteiger partial charge in [0.15, 0.2) is 4.60 Å². The largest absolute Gasteiger partial charge is 0.383 e. The summed E-state index contributed by atoms with van der Waals surface area (Å²) >= 11 is 3.39. The quantitative estimate of drug-likeness (QED) is 0.778. The first-order chi connectivity index (χ1) is 8.16. The summed E-state index contributed by atoms with van der Waals surface area (Å²) in [5.74, 6) is 0. The molecule has 0 saturated heterocycles. The summed E-state index contributed by atoms with van der Waals surface area (Å²) in [6.07, 6.45) is 3.16. The van der Waals surface area contributed by atoms with Crippen LogP contribution in [0.2, 0.25) is 0 Å². The van der Waals surface area contributed by atoms with Crippen molar-refractivity contribution in [1.82, 2.24) is 20.3 Å². The van der Waals surface area contributed by atoms with E-state index in [9.17, 15) is 0 Å². The molecular weight excluding hydrogens is 284 g/mol. The summed E-state index contributed by atoms with van der Waals surface area (Å²) in [6, 6.07) is 0. The number of hydrogen-bond acceptors (Lipinski definition) is 4. The van der Waals surface area contributed by atoms with Crippen LogP contribution in [0.1, 0.15) is 19.0 Å². The standard InChI is InChI=1S/C11H19BrN4O/c1-9(5-4-6-13-7-8-17-3)10-11(12)14-15-16(10)2/h5,13H,4,6-8H2,1-3H3/b9-5-. The van der Waals surface area contributed by atoms with Gasteiger partial charge in [-0.2, -0.15) is 0 Å². The SMILES string of the molecule is COCCNCC/C=C(/C)c1c(Br)nnn1C. The second kappa shape index (κ2) is 7.58. The maximum atomic E-state index is 4.96. The van der Waals surface area contributed by atoms with Crippen molar-refractivity contribution in [3.8, 4) is 0 Å². The highest BCUT2D eigenvalue weighted by Crippen LogP contribution is 2.20. The van der Waals surface area contributed by atoms with E-state index in [0.29, 0.717) is 0 Å². The van der Waals surface area contributed by atoms with Crippen LogP contribution in [0.5, 0.6) is 0 Å². The van der Waals surface area contributed by atoms with Crippen LogP contribution in [-0.2, 0) is 11.8 Å². The minimum absolute atomic E-state index is 0.750. The lowest BCUT2D eigenvalue weighted by molar-refractivity contribution is 0.199. The van der Waals surface area contributed by atoms with Crippen molar-refractivity contribution in [2.75, 3.05) is 26.8 Å². The summed E-state index contributed by atoms with van der Waals surface area (Å²) in [7, 11) is 3.60. The Labute approximate surface area is 110 Å². The van der Waals surface area contributed by atoms with Crippen LogP contribution in [0.25, 0.3) is 5.57 Å². The number of rotatable bonds is 7. The molecule has 0 aliphatic carbocycles. The van der Waals surface area contributed by atoms with Gasteiger partial charge < -0.3 is 10.1 Å². The van der Waals surface area contributed by atoms with E-state index in [2.05, 4.69) is 44.6 Å². The van der Waals surface area contributed by atoms with E-state index in [4.69, 9.17) is 4.74 Å². The topological polar surface area (TPSA) is 52.0 Å². The third kappa shape index (κ3) is 4.57. The molecule has 1 rings (SSSR count). The molecule has 0 amide bonds. The number of nitrogens with one attached hydrogen (secondary N) is 1. The van der Waals surface area contributed by atoms with Gasteiger partial charge in [0.2, 0.25) is 0 Å². The normalized spacial score (nSPS) is 12.1.